The van der Waals surface area contributed by atoms with E-state index in [4.69, 9.17) is 21.1 Å². The van der Waals surface area contributed by atoms with Crippen molar-refractivity contribution in [3.63, 3.8) is 0 Å². The van der Waals surface area contributed by atoms with E-state index in [1.807, 2.05) is 50.2 Å². The van der Waals surface area contributed by atoms with Gasteiger partial charge in [-0.2, -0.15) is 0 Å². The Balaban J connectivity index is 1.53. The molecule has 0 aliphatic carbocycles. The quantitative estimate of drug-likeness (QED) is 0.558. The van der Waals surface area contributed by atoms with Crippen molar-refractivity contribution in [1.82, 2.24) is 4.90 Å². The monoisotopic (exact) mass is 407 g/mol. The standard InChI is InChI=1S/C20H22ClNO4S/c1-13-9-22(10-14(2)26-13)18(23)11-25-19(24)12-27-17-8-4-6-15-5-3-7-16(21)20(15)17/h3-8,13-14H,9-12H2,1-2H3/t13-,14+. The molecule has 144 valence electrons. The number of fused-ring (bicyclic) bond motifs is 1. The highest BCUT2D eigenvalue weighted by atomic mass is 35.5. The number of carbonyl (C=O) groups excluding carboxylic acids is 2. The average Bonchev–Trinajstić information content (AvgIpc) is 2.63. The maximum Gasteiger partial charge on any atom is 0.316 e. The number of ether oxygens (including phenoxy) is 2. The van der Waals surface area contributed by atoms with E-state index >= 15 is 0 Å². The fraction of sp³-hybridized carbons (Fsp3) is 0.400. The van der Waals surface area contributed by atoms with Crippen LogP contribution in [0.4, 0.5) is 0 Å². The molecule has 1 saturated heterocycles. The molecule has 1 amide bonds. The summed E-state index contributed by atoms with van der Waals surface area (Å²) in [5, 5.41) is 2.59. The van der Waals surface area contributed by atoms with Gasteiger partial charge in [-0.15, -0.1) is 11.8 Å². The van der Waals surface area contributed by atoms with Crippen LogP contribution in [0.2, 0.25) is 5.02 Å². The first-order chi connectivity index (χ1) is 12.9. The van der Waals surface area contributed by atoms with Crippen LogP contribution in [0.5, 0.6) is 0 Å². The molecule has 1 aliphatic rings. The number of hydrogen-bond donors (Lipinski definition) is 0. The number of hydrogen-bond acceptors (Lipinski definition) is 5. The van der Waals surface area contributed by atoms with Crippen LogP contribution in [0.1, 0.15) is 13.8 Å². The Morgan fingerprint density at radius 2 is 1.85 bits per heavy atom. The van der Waals surface area contributed by atoms with Crippen LogP contribution in [0.15, 0.2) is 41.3 Å². The zero-order chi connectivity index (χ0) is 19.4. The SMILES string of the molecule is C[C@@H]1CN(C(=O)COC(=O)CSc2cccc3cccc(Cl)c23)C[C@H](C)O1. The van der Waals surface area contributed by atoms with Crippen LogP contribution in [-0.4, -0.2) is 54.4 Å². The third kappa shape index (κ3) is 5.15. The van der Waals surface area contributed by atoms with Gasteiger partial charge in [-0.3, -0.25) is 9.59 Å². The first kappa shape index (κ1) is 20.0. The molecule has 1 aliphatic heterocycles. The van der Waals surface area contributed by atoms with Gasteiger partial charge in [0.25, 0.3) is 5.91 Å². The number of nitrogens with zero attached hydrogens (tertiary/aromatic N) is 1. The Labute approximate surface area is 167 Å². The Morgan fingerprint density at radius 3 is 2.56 bits per heavy atom. The third-order valence-corrected chi connectivity index (χ3v) is 5.64. The minimum atomic E-state index is -0.424. The smallest absolute Gasteiger partial charge is 0.316 e. The van der Waals surface area contributed by atoms with Gasteiger partial charge in [-0.25, -0.2) is 0 Å². The average molecular weight is 408 g/mol. The van der Waals surface area contributed by atoms with Crippen molar-refractivity contribution < 1.29 is 19.1 Å². The molecule has 7 heteroatoms. The highest BCUT2D eigenvalue weighted by molar-refractivity contribution is 8.00. The second kappa shape index (κ2) is 8.95. The number of esters is 1. The Morgan fingerprint density at radius 1 is 1.19 bits per heavy atom. The molecule has 3 rings (SSSR count). The van der Waals surface area contributed by atoms with Crippen molar-refractivity contribution in [1.29, 1.82) is 0 Å². The van der Waals surface area contributed by atoms with Gasteiger partial charge in [0.2, 0.25) is 0 Å². The summed E-state index contributed by atoms with van der Waals surface area (Å²) in [6, 6.07) is 11.5. The molecule has 27 heavy (non-hydrogen) atoms. The van der Waals surface area contributed by atoms with Gasteiger partial charge in [-0.1, -0.05) is 35.9 Å². The molecule has 2 aromatic rings. The summed E-state index contributed by atoms with van der Waals surface area (Å²) in [4.78, 5) is 26.9. The summed E-state index contributed by atoms with van der Waals surface area (Å²) in [6.45, 7) is 4.64. The molecule has 0 radical (unpaired) electrons. The van der Waals surface area contributed by atoms with Crippen LogP contribution >= 0.6 is 23.4 Å². The summed E-state index contributed by atoms with van der Waals surface area (Å²) in [5.74, 6) is -0.497. The summed E-state index contributed by atoms with van der Waals surface area (Å²) in [6.07, 6.45) is -0.0277. The summed E-state index contributed by atoms with van der Waals surface area (Å²) < 4.78 is 10.8. The Hall–Kier alpha value is -1.76. The molecule has 0 N–H and O–H groups in total. The van der Waals surface area contributed by atoms with Crippen molar-refractivity contribution in [2.45, 2.75) is 31.0 Å². The lowest BCUT2D eigenvalue weighted by Crippen LogP contribution is -2.49. The van der Waals surface area contributed by atoms with E-state index in [1.165, 1.54) is 11.8 Å². The lowest BCUT2D eigenvalue weighted by atomic mass is 10.1. The number of morpholine rings is 1. The molecule has 0 bridgehead atoms. The zero-order valence-electron chi connectivity index (χ0n) is 15.3. The molecular formula is C20H22ClNO4S. The molecule has 2 aromatic carbocycles. The minimum Gasteiger partial charge on any atom is -0.455 e. The third-order valence-electron chi connectivity index (χ3n) is 4.29. The molecule has 0 unspecified atom stereocenters. The molecule has 0 spiro atoms. The van der Waals surface area contributed by atoms with Crippen molar-refractivity contribution in [3.8, 4) is 0 Å². The number of amides is 1. The maximum atomic E-state index is 12.3. The van der Waals surface area contributed by atoms with E-state index in [2.05, 4.69) is 0 Å². The molecule has 1 fully saturated rings. The molecule has 2 atom stereocenters. The van der Waals surface area contributed by atoms with Gasteiger partial charge in [0.15, 0.2) is 6.61 Å². The summed E-state index contributed by atoms with van der Waals surface area (Å²) in [7, 11) is 0. The minimum absolute atomic E-state index is 0.0138. The molecule has 0 saturated carbocycles. The van der Waals surface area contributed by atoms with E-state index in [0.717, 1.165) is 15.7 Å². The second-order valence-electron chi connectivity index (χ2n) is 6.60. The van der Waals surface area contributed by atoms with E-state index in [9.17, 15) is 9.59 Å². The van der Waals surface area contributed by atoms with E-state index in [-0.39, 0.29) is 30.5 Å². The number of carbonyl (C=O) groups is 2. The van der Waals surface area contributed by atoms with Crippen molar-refractivity contribution >= 4 is 46.0 Å². The second-order valence-corrected chi connectivity index (χ2v) is 8.02. The van der Waals surface area contributed by atoms with Gasteiger partial charge in [0, 0.05) is 28.4 Å². The van der Waals surface area contributed by atoms with Gasteiger partial charge in [0.05, 0.1) is 18.0 Å². The summed E-state index contributed by atoms with van der Waals surface area (Å²) >= 11 is 7.66. The van der Waals surface area contributed by atoms with Gasteiger partial charge in [0.1, 0.15) is 0 Å². The fourth-order valence-electron chi connectivity index (χ4n) is 3.18. The predicted octanol–water partition coefficient (Wildman–Crippen LogP) is 3.76. The normalized spacial score (nSPS) is 19.9. The first-order valence-electron chi connectivity index (χ1n) is 8.83. The van der Waals surface area contributed by atoms with Crippen molar-refractivity contribution in [3.05, 3.63) is 41.4 Å². The van der Waals surface area contributed by atoms with Gasteiger partial charge in [-0.05, 0) is 31.4 Å². The highest BCUT2D eigenvalue weighted by Crippen LogP contribution is 2.33. The summed E-state index contributed by atoms with van der Waals surface area (Å²) in [5.41, 5.74) is 0. The van der Waals surface area contributed by atoms with Crippen LogP contribution in [0.25, 0.3) is 10.8 Å². The lowest BCUT2D eigenvalue weighted by molar-refractivity contribution is -0.155. The van der Waals surface area contributed by atoms with Crippen molar-refractivity contribution in [2.75, 3.05) is 25.4 Å². The van der Waals surface area contributed by atoms with Crippen LogP contribution in [-0.2, 0) is 19.1 Å². The molecular weight excluding hydrogens is 386 g/mol. The largest absolute Gasteiger partial charge is 0.455 e. The number of rotatable bonds is 5. The molecule has 5 nitrogen and oxygen atoms in total. The van der Waals surface area contributed by atoms with E-state index in [1.54, 1.807) is 4.90 Å². The highest BCUT2D eigenvalue weighted by Gasteiger charge is 2.26. The lowest BCUT2D eigenvalue weighted by Gasteiger charge is -2.35. The van der Waals surface area contributed by atoms with Crippen molar-refractivity contribution in [2.24, 2.45) is 0 Å². The predicted molar refractivity (Wildman–Crippen MR) is 107 cm³/mol. The topological polar surface area (TPSA) is 55.8 Å². The van der Waals surface area contributed by atoms with Gasteiger partial charge < -0.3 is 14.4 Å². The Kier molecular flexibility index (Phi) is 6.63. The van der Waals surface area contributed by atoms with Crippen LogP contribution in [0, 0.1) is 0 Å². The fourth-order valence-corrected chi connectivity index (χ4v) is 4.42. The maximum absolute atomic E-state index is 12.3. The molecule has 0 aromatic heterocycles. The van der Waals surface area contributed by atoms with Gasteiger partial charge >= 0.3 is 5.97 Å². The van der Waals surface area contributed by atoms with Crippen LogP contribution < -0.4 is 0 Å². The Bertz CT molecular complexity index is 829. The van der Waals surface area contributed by atoms with Crippen LogP contribution in [0.3, 0.4) is 0 Å². The van der Waals surface area contributed by atoms with E-state index in [0.29, 0.717) is 18.1 Å². The molecule has 1 heterocycles. The number of thioether (sulfide) groups is 1. The zero-order valence-corrected chi connectivity index (χ0v) is 16.9. The van der Waals surface area contributed by atoms with E-state index < -0.39 is 5.97 Å². The number of benzene rings is 2. The first-order valence-corrected chi connectivity index (χ1v) is 10.2. The number of halogens is 1.